The molecule has 21 heavy (non-hydrogen) atoms. The SMILES string of the molecule is COc1ccc(CC(=O)NC(C(=O)O)C2CC2)c(OC)c1. The van der Waals surface area contributed by atoms with Gasteiger partial charge in [-0.3, -0.25) is 4.79 Å². The smallest absolute Gasteiger partial charge is 0.326 e. The lowest BCUT2D eigenvalue weighted by atomic mass is 10.1. The Morgan fingerprint density at radius 3 is 2.57 bits per heavy atom. The van der Waals surface area contributed by atoms with Crippen molar-refractivity contribution in [3.05, 3.63) is 23.8 Å². The summed E-state index contributed by atoms with van der Waals surface area (Å²) in [5, 5.41) is 11.7. The molecule has 2 rings (SSSR count). The van der Waals surface area contributed by atoms with Crippen LogP contribution in [0.1, 0.15) is 18.4 Å². The van der Waals surface area contributed by atoms with Crippen molar-refractivity contribution >= 4 is 11.9 Å². The summed E-state index contributed by atoms with van der Waals surface area (Å²) in [7, 11) is 3.06. The number of benzene rings is 1. The molecule has 1 unspecified atom stereocenters. The average molecular weight is 293 g/mol. The van der Waals surface area contributed by atoms with Gasteiger partial charge in [-0.1, -0.05) is 6.07 Å². The van der Waals surface area contributed by atoms with Crippen LogP contribution < -0.4 is 14.8 Å². The molecule has 1 aromatic rings. The van der Waals surface area contributed by atoms with Crippen LogP contribution >= 0.6 is 0 Å². The first-order valence-electron chi connectivity index (χ1n) is 6.78. The van der Waals surface area contributed by atoms with Crippen LogP contribution in [0.4, 0.5) is 0 Å². The largest absolute Gasteiger partial charge is 0.497 e. The zero-order chi connectivity index (χ0) is 15.4. The van der Waals surface area contributed by atoms with Gasteiger partial charge in [0.25, 0.3) is 0 Å². The van der Waals surface area contributed by atoms with Gasteiger partial charge in [-0.2, -0.15) is 0 Å². The lowest BCUT2D eigenvalue weighted by Gasteiger charge is -2.15. The number of hydrogen-bond donors (Lipinski definition) is 2. The summed E-state index contributed by atoms with van der Waals surface area (Å²) in [6.45, 7) is 0. The van der Waals surface area contributed by atoms with Gasteiger partial charge >= 0.3 is 5.97 Å². The lowest BCUT2D eigenvalue weighted by Crippen LogP contribution is -2.43. The standard InChI is InChI=1S/C15H19NO5/c1-20-11-6-5-10(12(8-11)21-2)7-13(17)16-14(15(18)19)9-3-4-9/h5-6,8-9,14H,3-4,7H2,1-2H3,(H,16,17)(H,18,19). The molecule has 0 radical (unpaired) electrons. The number of carbonyl (C=O) groups excluding carboxylic acids is 1. The first-order valence-corrected chi connectivity index (χ1v) is 6.78. The third kappa shape index (κ3) is 3.87. The van der Waals surface area contributed by atoms with E-state index in [9.17, 15) is 9.59 Å². The Bertz CT molecular complexity index is 539. The number of carboxylic acids is 1. The number of methoxy groups -OCH3 is 2. The fraction of sp³-hybridized carbons (Fsp3) is 0.467. The van der Waals surface area contributed by atoms with E-state index in [1.165, 1.54) is 7.11 Å². The zero-order valence-electron chi connectivity index (χ0n) is 12.1. The van der Waals surface area contributed by atoms with E-state index in [-0.39, 0.29) is 18.2 Å². The van der Waals surface area contributed by atoms with Crippen molar-refractivity contribution in [3.63, 3.8) is 0 Å². The highest BCUT2D eigenvalue weighted by Crippen LogP contribution is 2.33. The summed E-state index contributed by atoms with van der Waals surface area (Å²) in [6, 6.07) is 4.38. The van der Waals surface area contributed by atoms with E-state index < -0.39 is 12.0 Å². The maximum atomic E-state index is 12.0. The van der Waals surface area contributed by atoms with Gasteiger partial charge in [-0.15, -0.1) is 0 Å². The van der Waals surface area contributed by atoms with E-state index in [4.69, 9.17) is 14.6 Å². The van der Waals surface area contributed by atoms with Crippen molar-refractivity contribution in [3.8, 4) is 11.5 Å². The van der Waals surface area contributed by atoms with Gasteiger partial charge in [-0.25, -0.2) is 4.79 Å². The molecule has 1 amide bonds. The Balaban J connectivity index is 2.03. The van der Waals surface area contributed by atoms with Crippen LogP contribution in [0.15, 0.2) is 18.2 Å². The first kappa shape index (κ1) is 15.2. The number of carboxylic acid groups (broad SMARTS) is 1. The topological polar surface area (TPSA) is 84.9 Å². The third-order valence-corrected chi connectivity index (χ3v) is 3.52. The predicted molar refractivity (Wildman–Crippen MR) is 75.5 cm³/mol. The van der Waals surface area contributed by atoms with E-state index >= 15 is 0 Å². The van der Waals surface area contributed by atoms with Crippen LogP contribution in [0.25, 0.3) is 0 Å². The number of carbonyl (C=O) groups is 2. The summed E-state index contributed by atoms with van der Waals surface area (Å²) in [5.41, 5.74) is 0.690. The van der Waals surface area contributed by atoms with Gasteiger partial charge < -0.3 is 19.9 Å². The van der Waals surface area contributed by atoms with Crippen molar-refractivity contribution in [1.29, 1.82) is 0 Å². The van der Waals surface area contributed by atoms with Gasteiger partial charge in [0.05, 0.1) is 20.6 Å². The minimum atomic E-state index is -0.979. The van der Waals surface area contributed by atoms with Crippen LogP contribution in [-0.2, 0) is 16.0 Å². The molecule has 1 atom stereocenters. The predicted octanol–water partition coefficient (Wildman–Crippen LogP) is 1.23. The van der Waals surface area contributed by atoms with Crippen LogP contribution in [-0.4, -0.2) is 37.2 Å². The van der Waals surface area contributed by atoms with Gasteiger partial charge in [-0.05, 0) is 24.8 Å². The molecule has 1 aliphatic rings. The number of rotatable bonds is 7. The summed E-state index contributed by atoms with van der Waals surface area (Å²) >= 11 is 0. The van der Waals surface area contributed by atoms with E-state index in [0.717, 1.165) is 12.8 Å². The molecular weight excluding hydrogens is 274 g/mol. The molecule has 6 nitrogen and oxygen atoms in total. The molecule has 114 valence electrons. The maximum Gasteiger partial charge on any atom is 0.326 e. The molecule has 1 saturated carbocycles. The summed E-state index contributed by atoms with van der Waals surface area (Å²) in [5.74, 6) is -0.0604. The summed E-state index contributed by atoms with van der Waals surface area (Å²) < 4.78 is 10.3. The summed E-state index contributed by atoms with van der Waals surface area (Å²) in [4.78, 5) is 23.1. The van der Waals surface area contributed by atoms with Crippen LogP contribution in [0.5, 0.6) is 11.5 Å². The van der Waals surface area contributed by atoms with E-state index in [0.29, 0.717) is 17.1 Å². The molecule has 1 aromatic carbocycles. The lowest BCUT2D eigenvalue weighted by molar-refractivity contribution is -0.142. The highest BCUT2D eigenvalue weighted by Gasteiger charge is 2.37. The van der Waals surface area contributed by atoms with Crippen molar-refractivity contribution in [2.45, 2.75) is 25.3 Å². The van der Waals surface area contributed by atoms with Crippen molar-refractivity contribution in [1.82, 2.24) is 5.32 Å². The third-order valence-electron chi connectivity index (χ3n) is 3.52. The highest BCUT2D eigenvalue weighted by atomic mass is 16.5. The quantitative estimate of drug-likeness (QED) is 0.789. The van der Waals surface area contributed by atoms with E-state index in [2.05, 4.69) is 5.32 Å². The molecule has 0 saturated heterocycles. The Kier molecular flexibility index (Phi) is 4.67. The first-order chi connectivity index (χ1) is 10.0. The minimum Gasteiger partial charge on any atom is -0.497 e. The highest BCUT2D eigenvalue weighted by molar-refractivity contribution is 5.85. The Labute approximate surface area is 123 Å². The van der Waals surface area contributed by atoms with Crippen molar-refractivity contribution < 1.29 is 24.2 Å². The van der Waals surface area contributed by atoms with E-state index in [1.54, 1.807) is 25.3 Å². The monoisotopic (exact) mass is 293 g/mol. The molecule has 6 heteroatoms. The number of aliphatic carboxylic acids is 1. The normalized spacial score (nSPS) is 15.1. The molecule has 0 aliphatic heterocycles. The molecule has 0 bridgehead atoms. The zero-order valence-corrected chi connectivity index (χ0v) is 12.1. The van der Waals surface area contributed by atoms with Crippen molar-refractivity contribution in [2.75, 3.05) is 14.2 Å². The van der Waals surface area contributed by atoms with Crippen LogP contribution in [0.2, 0.25) is 0 Å². The van der Waals surface area contributed by atoms with Crippen LogP contribution in [0.3, 0.4) is 0 Å². The molecule has 2 N–H and O–H groups in total. The Hall–Kier alpha value is -2.24. The Morgan fingerprint density at radius 2 is 2.05 bits per heavy atom. The fourth-order valence-corrected chi connectivity index (χ4v) is 2.21. The number of amides is 1. The molecular formula is C15H19NO5. The molecule has 0 aromatic heterocycles. The Morgan fingerprint density at radius 1 is 1.33 bits per heavy atom. The molecule has 0 heterocycles. The fourth-order valence-electron chi connectivity index (χ4n) is 2.21. The van der Waals surface area contributed by atoms with Gasteiger partial charge in [0.1, 0.15) is 17.5 Å². The second-order valence-corrected chi connectivity index (χ2v) is 5.08. The molecule has 1 fully saturated rings. The molecule has 1 aliphatic carbocycles. The summed E-state index contributed by atoms with van der Waals surface area (Å²) in [6.07, 6.45) is 1.77. The van der Waals surface area contributed by atoms with Gasteiger partial charge in [0.15, 0.2) is 0 Å². The number of ether oxygens (including phenoxy) is 2. The second-order valence-electron chi connectivity index (χ2n) is 5.08. The van der Waals surface area contributed by atoms with Gasteiger partial charge in [0, 0.05) is 11.6 Å². The van der Waals surface area contributed by atoms with Crippen LogP contribution in [0, 0.1) is 5.92 Å². The van der Waals surface area contributed by atoms with Gasteiger partial charge in [0.2, 0.25) is 5.91 Å². The van der Waals surface area contributed by atoms with E-state index in [1.807, 2.05) is 0 Å². The van der Waals surface area contributed by atoms with Crippen molar-refractivity contribution in [2.24, 2.45) is 5.92 Å². The number of hydrogen-bond acceptors (Lipinski definition) is 4. The maximum absolute atomic E-state index is 12.0. The minimum absolute atomic E-state index is 0.0595. The average Bonchev–Trinajstić information content (AvgIpc) is 3.29. The number of nitrogens with one attached hydrogen (secondary N) is 1. The molecule has 0 spiro atoms. The second kappa shape index (κ2) is 6.47.